The number of hydrogen-bond acceptors (Lipinski definition) is 2. The van der Waals surface area contributed by atoms with Crippen LogP contribution in [0.4, 0.5) is 0 Å². The third-order valence-corrected chi connectivity index (χ3v) is 4.17. The molecule has 0 aromatic heterocycles. The molecule has 3 nitrogen and oxygen atoms in total. The van der Waals surface area contributed by atoms with Crippen LogP contribution in [0, 0.1) is 11.3 Å². The van der Waals surface area contributed by atoms with Crippen molar-refractivity contribution >= 4 is 5.91 Å². The van der Waals surface area contributed by atoms with Gasteiger partial charge in [0.25, 0.3) is 0 Å². The predicted molar refractivity (Wildman–Crippen MR) is 74.3 cm³/mol. The Morgan fingerprint density at radius 1 is 1.22 bits per heavy atom. The highest BCUT2D eigenvalue weighted by atomic mass is 16.3. The highest BCUT2D eigenvalue weighted by Gasteiger charge is 2.40. The van der Waals surface area contributed by atoms with E-state index in [4.69, 9.17) is 0 Å². The summed E-state index contributed by atoms with van der Waals surface area (Å²) in [5, 5.41) is 9.91. The first-order valence-electron chi connectivity index (χ1n) is 7.20. The molecule has 18 heavy (non-hydrogen) atoms. The number of rotatable bonds is 5. The number of carbonyl (C=O) groups is 1. The molecule has 1 saturated carbocycles. The summed E-state index contributed by atoms with van der Waals surface area (Å²) in [5.74, 6) is 0.694. The molecule has 3 heteroatoms. The van der Waals surface area contributed by atoms with Crippen LogP contribution in [0.3, 0.4) is 0 Å². The first-order valence-corrected chi connectivity index (χ1v) is 7.20. The zero-order valence-electron chi connectivity index (χ0n) is 12.6. The first-order chi connectivity index (χ1) is 8.18. The Bertz CT molecular complexity index is 285. The summed E-state index contributed by atoms with van der Waals surface area (Å²) >= 11 is 0. The molecule has 0 atom stereocenters. The van der Waals surface area contributed by atoms with E-state index in [-0.39, 0.29) is 11.3 Å². The van der Waals surface area contributed by atoms with Gasteiger partial charge in [0.2, 0.25) is 5.91 Å². The number of nitrogens with zero attached hydrogens (tertiary/aromatic N) is 1. The van der Waals surface area contributed by atoms with E-state index in [9.17, 15) is 9.90 Å². The fourth-order valence-corrected chi connectivity index (χ4v) is 3.02. The van der Waals surface area contributed by atoms with Gasteiger partial charge in [0.1, 0.15) is 0 Å². The third-order valence-electron chi connectivity index (χ3n) is 4.17. The highest BCUT2D eigenvalue weighted by Crippen LogP contribution is 2.40. The van der Waals surface area contributed by atoms with Gasteiger partial charge in [-0.25, -0.2) is 0 Å². The molecule has 0 aliphatic heterocycles. The van der Waals surface area contributed by atoms with Crippen molar-refractivity contribution in [3.05, 3.63) is 0 Å². The number of carbonyl (C=O) groups excluding carboxylic acids is 1. The topological polar surface area (TPSA) is 40.5 Å². The van der Waals surface area contributed by atoms with Crippen LogP contribution in [0.15, 0.2) is 0 Å². The lowest BCUT2D eigenvalue weighted by Gasteiger charge is -2.37. The van der Waals surface area contributed by atoms with Gasteiger partial charge in [-0.2, -0.15) is 0 Å². The lowest BCUT2D eigenvalue weighted by atomic mass is 9.76. The normalized spacial score (nSPS) is 18.1. The minimum atomic E-state index is -0.822. The zero-order chi connectivity index (χ0) is 14.0. The molecule has 1 aliphatic rings. The molecule has 1 rings (SSSR count). The second-order valence-electron chi connectivity index (χ2n) is 6.83. The fraction of sp³-hybridized carbons (Fsp3) is 0.933. The van der Waals surface area contributed by atoms with Gasteiger partial charge in [0.05, 0.1) is 5.60 Å². The molecule has 1 fully saturated rings. The summed E-state index contributed by atoms with van der Waals surface area (Å²) < 4.78 is 0. The summed E-state index contributed by atoms with van der Waals surface area (Å²) in [5.41, 5.74) is -1.12. The molecule has 0 saturated heterocycles. The van der Waals surface area contributed by atoms with E-state index in [0.29, 0.717) is 19.0 Å². The Balaban J connectivity index is 2.75. The van der Waals surface area contributed by atoms with Gasteiger partial charge >= 0.3 is 0 Å². The average Bonchev–Trinajstić information content (AvgIpc) is 2.77. The van der Waals surface area contributed by atoms with Gasteiger partial charge < -0.3 is 10.0 Å². The molecule has 0 heterocycles. The van der Waals surface area contributed by atoms with Crippen molar-refractivity contribution in [1.29, 1.82) is 0 Å². The third kappa shape index (κ3) is 3.71. The predicted octanol–water partition coefficient (Wildman–Crippen LogP) is 2.82. The van der Waals surface area contributed by atoms with Crippen molar-refractivity contribution in [2.45, 2.75) is 65.9 Å². The van der Waals surface area contributed by atoms with Crippen molar-refractivity contribution in [2.75, 3.05) is 13.1 Å². The molecule has 0 aromatic carbocycles. The summed E-state index contributed by atoms with van der Waals surface area (Å²) in [7, 11) is 0. The Hall–Kier alpha value is -0.570. The van der Waals surface area contributed by atoms with Crippen molar-refractivity contribution in [3.63, 3.8) is 0 Å². The maximum atomic E-state index is 12.7. The van der Waals surface area contributed by atoms with Crippen molar-refractivity contribution in [3.8, 4) is 0 Å². The van der Waals surface area contributed by atoms with Gasteiger partial charge in [-0.15, -0.1) is 0 Å². The van der Waals surface area contributed by atoms with Crippen LogP contribution in [0.25, 0.3) is 0 Å². The van der Waals surface area contributed by atoms with Crippen LogP contribution in [0.1, 0.15) is 60.3 Å². The monoisotopic (exact) mass is 255 g/mol. The molecule has 0 bridgehead atoms. The smallest absolute Gasteiger partial charge is 0.228 e. The molecule has 1 amide bonds. The molecular formula is C15H29NO2. The van der Waals surface area contributed by atoms with Crippen LogP contribution in [-0.2, 0) is 4.79 Å². The highest BCUT2D eigenvalue weighted by molar-refractivity contribution is 5.82. The molecule has 0 spiro atoms. The maximum Gasteiger partial charge on any atom is 0.228 e. The van der Waals surface area contributed by atoms with E-state index in [1.165, 1.54) is 25.7 Å². The van der Waals surface area contributed by atoms with Crippen molar-refractivity contribution < 1.29 is 9.90 Å². The van der Waals surface area contributed by atoms with E-state index >= 15 is 0 Å². The summed E-state index contributed by atoms with van der Waals surface area (Å²) in [6.45, 7) is 10.7. The number of hydrogen-bond donors (Lipinski definition) is 1. The second-order valence-corrected chi connectivity index (χ2v) is 6.83. The lowest BCUT2D eigenvalue weighted by Crippen LogP contribution is -2.49. The second kappa shape index (κ2) is 5.60. The van der Waals surface area contributed by atoms with Crippen LogP contribution in [0.5, 0.6) is 0 Å². The molecule has 0 unspecified atom stereocenters. The van der Waals surface area contributed by atoms with Gasteiger partial charge in [0.15, 0.2) is 0 Å². The van der Waals surface area contributed by atoms with Crippen LogP contribution in [0.2, 0.25) is 0 Å². The van der Waals surface area contributed by atoms with E-state index in [0.717, 1.165) is 0 Å². The van der Waals surface area contributed by atoms with Gasteiger partial charge in [-0.05, 0) is 39.5 Å². The average molecular weight is 255 g/mol. The van der Waals surface area contributed by atoms with E-state index < -0.39 is 5.60 Å². The Morgan fingerprint density at radius 3 is 2.11 bits per heavy atom. The SMILES string of the molecule is CCN(CC(C)(C)O)C(=O)C(C)(C)C1CCCC1. The summed E-state index contributed by atoms with van der Waals surface area (Å²) in [4.78, 5) is 14.5. The summed E-state index contributed by atoms with van der Waals surface area (Å²) in [6, 6.07) is 0. The van der Waals surface area contributed by atoms with Crippen LogP contribution >= 0.6 is 0 Å². The van der Waals surface area contributed by atoms with E-state index in [1.807, 2.05) is 6.92 Å². The van der Waals surface area contributed by atoms with Gasteiger partial charge in [-0.3, -0.25) is 4.79 Å². The van der Waals surface area contributed by atoms with Gasteiger partial charge in [-0.1, -0.05) is 26.7 Å². The number of likely N-dealkylation sites (N-methyl/N-ethyl adjacent to an activating group) is 1. The van der Waals surface area contributed by atoms with E-state index in [1.54, 1.807) is 18.7 Å². The largest absolute Gasteiger partial charge is 0.389 e. The lowest BCUT2D eigenvalue weighted by molar-refractivity contribution is -0.146. The minimum absolute atomic E-state index is 0.194. The first kappa shape index (κ1) is 15.5. The molecule has 0 aromatic rings. The summed E-state index contributed by atoms with van der Waals surface area (Å²) in [6.07, 6.45) is 4.83. The number of amides is 1. The zero-order valence-corrected chi connectivity index (χ0v) is 12.6. The quantitative estimate of drug-likeness (QED) is 0.820. The molecule has 1 N–H and O–H groups in total. The standard InChI is InChI=1S/C15H29NO2/c1-6-16(11-14(2,3)18)13(17)15(4,5)12-9-7-8-10-12/h12,18H,6-11H2,1-5H3. The molecule has 1 aliphatic carbocycles. The van der Waals surface area contributed by atoms with Crippen molar-refractivity contribution in [2.24, 2.45) is 11.3 Å². The van der Waals surface area contributed by atoms with Crippen molar-refractivity contribution in [1.82, 2.24) is 4.90 Å². The van der Waals surface area contributed by atoms with Crippen LogP contribution in [-0.4, -0.2) is 34.6 Å². The Labute approximate surface area is 112 Å². The number of aliphatic hydroxyl groups is 1. The maximum absolute atomic E-state index is 12.7. The van der Waals surface area contributed by atoms with E-state index in [2.05, 4.69) is 13.8 Å². The molecular weight excluding hydrogens is 226 g/mol. The minimum Gasteiger partial charge on any atom is -0.389 e. The van der Waals surface area contributed by atoms with Crippen LogP contribution < -0.4 is 0 Å². The Kier molecular flexibility index (Phi) is 4.82. The Morgan fingerprint density at radius 2 is 1.72 bits per heavy atom. The molecule has 106 valence electrons. The van der Waals surface area contributed by atoms with Gasteiger partial charge in [0, 0.05) is 18.5 Å². The molecule has 0 radical (unpaired) electrons. The fourth-order valence-electron chi connectivity index (χ4n) is 3.02.